The Hall–Kier alpha value is -2.32. The van der Waals surface area contributed by atoms with Crippen molar-refractivity contribution in [2.45, 2.75) is 11.8 Å². The van der Waals surface area contributed by atoms with E-state index in [9.17, 15) is 9.59 Å². The third-order valence-corrected chi connectivity index (χ3v) is 5.73. The first-order chi connectivity index (χ1) is 13.5. The molecule has 0 aromatic heterocycles. The third-order valence-electron chi connectivity index (χ3n) is 4.00. The molecule has 142 valence electrons. The van der Waals surface area contributed by atoms with E-state index < -0.39 is 0 Å². The van der Waals surface area contributed by atoms with Crippen LogP contribution in [0.15, 0.2) is 77.7 Å². The van der Waals surface area contributed by atoms with E-state index in [1.807, 2.05) is 73.7 Å². The molecule has 0 atom stereocenters. The molecule has 0 saturated carbocycles. The molecule has 0 aliphatic heterocycles. The van der Waals surface area contributed by atoms with Crippen molar-refractivity contribution in [3.63, 3.8) is 0 Å². The normalized spacial score (nSPS) is 10.4. The van der Waals surface area contributed by atoms with Crippen LogP contribution in [0.1, 0.15) is 15.9 Å². The summed E-state index contributed by atoms with van der Waals surface area (Å²) in [4.78, 5) is 25.4. The summed E-state index contributed by atoms with van der Waals surface area (Å²) in [6, 6.07) is 22.6. The number of halogens is 1. The van der Waals surface area contributed by atoms with Crippen molar-refractivity contribution < 1.29 is 9.59 Å². The van der Waals surface area contributed by atoms with E-state index in [1.165, 1.54) is 11.8 Å². The molecule has 0 bridgehead atoms. The fraction of sp³-hybridized carbons (Fsp3) is 0.0909. The van der Waals surface area contributed by atoms with Crippen LogP contribution >= 0.6 is 34.4 Å². The van der Waals surface area contributed by atoms with Crippen LogP contribution in [0.5, 0.6) is 0 Å². The molecular formula is C22H19IN2O2S. The second-order valence-corrected chi connectivity index (χ2v) is 8.43. The van der Waals surface area contributed by atoms with Gasteiger partial charge in [0.2, 0.25) is 5.91 Å². The first-order valence-electron chi connectivity index (χ1n) is 8.66. The molecule has 3 aromatic rings. The Bertz CT molecular complexity index is 973. The van der Waals surface area contributed by atoms with Crippen LogP contribution in [0.4, 0.5) is 11.4 Å². The summed E-state index contributed by atoms with van der Waals surface area (Å²) in [5, 5.41) is 5.78. The summed E-state index contributed by atoms with van der Waals surface area (Å²) in [5.74, 6) is 0.138. The molecule has 4 nitrogen and oxygen atoms in total. The monoisotopic (exact) mass is 502 g/mol. The van der Waals surface area contributed by atoms with Crippen molar-refractivity contribution in [1.82, 2.24) is 0 Å². The number of amides is 2. The summed E-state index contributed by atoms with van der Waals surface area (Å²) < 4.78 is 1.12. The van der Waals surface area contributed by atoms with E-state index in [0.717, 1.165) is 25.4 Å². The highest BCUT2D eigenvalue weighted by Crippen LogP contribution is 2.21. The highest BCUT2D eigenvalue weighted by molar-refractivity contribution is 14.1. The minimum Gasteiger partial charge on any atom is -0.325 e. The maximum Gasteiger partial charge on any atom is 0.255 e. The minimum absolute atomic E-state index is 0.0526. The number of hydrogen-bond donors (Lipinski definition) is 2. The van der Waals surface area contributed by atoms with E-state index in [0.29, 0.717) is 11.3 Å². The molecule has 0 saturated heterocycles. The molecule has 3 rings (SSSR count). The van der Waals surface area contributed by atoms with Crippen LogP contribution in [0, 0.1) is 10.5 Å². The first kappa shape index (κ1) is 20.4. The lowest BCUT2D eigenvalue weighted by atomic mass is 10.1. The molecule has 3 aromatic carbocycles. The van der Waals surface area contributed by atoms with Crippen molar-refractivity contribution >= 4 is 57.5 Å². The summed E-state index contributed by atoms with van der Waals surface area (Å²) in [7, 11) is 0. The number of hydrogen-bond acceptors (Lipinski definition) is 3. The zero-order chi connectivity index (χ0) is 19.9. The molecular weight excluding hydrogens is 483 g/mol. The number of rotatable bonds is 6. The zero-order valence-electron chi connectivity index (χ0n) is 15.2. The van der Waals surface area contributed by atoms with Gasteiger partial charge in [0.25, 0.3) is 5.91 Å². The second kappa shape index (κ2) is 9.75. The fourth-order valence-electron chi connectivity index (χ4n) is 2.54. The zero-order valence-corrected chi connectivity index (χ0v) is 18.2. The van der Waals surface area contributed by atoms with Crippen LogP contribution < -0.4 is 10.6 Å². The maximum absolute atomic E-state index is 12.4. The lowest BCUT2D eigenvalue weighted by Gasteiger charge is -2.09. The van der Waals surface area contributed by atoms with Gasteiger partial charge in [0.15, 0.2) is 0 Å². The number of anilines is 2. The summed E-state index contributed by atoms with van der Waals surface area (Å²) >= 11 is 3.68. The summed E-state index contributed by atoms with van der Waals surface area (Å²) in [5.41, 5.74) is 3.11. The van der Waals surface area contributed by atoms with Gasteiger partial charge in [-0.05, 0) is 89.7 Å². The number of nitrogens with one attached hydrogen (secondary N) is 2. The third kappa shape index (κ3) is 5.84. The smallest absolute Gasteiger partial charge is 0.255 e. The fourth-order valence-corrected chi connectivity index (χ4v) is 3.60. The quantitative estimate of drug-likeness (QED) is 0.342. The van der Waals surface area contributed by atoms with Crippen LogP contribution in [0.3, 0.4) is 0 Å². The van der Waals surface area contributed by atoms with Crippen LogP contribution in [0.25, 0.3) is 0 Å². The highest BCUT2D eigenvalue weighted by atomic mass is 127. The average Bonchev–Trinajstić information content (AvgIpc) is 2.69. The van der Waals surface area contributed by atoms with Gasteiger partial charge in [0.1, 0.15) is 0 Å². The maximum atomic E-state index is 12.4. The Morgan fingerprint density at radius 2 is 1.46 bits per heavy atom. The van der Waals surface area contributed by atoms with Gasteiger partial charge in [0, 0.05) is 25.4 Å². The van der Waals surface area contributed by atoms with Crippen molar-refractivity contribution in [3.05, 3.63) is 87.5 Å². The standard InChI is InChI=1S/C22H19IN2O2S/c1-15-4-2-3-5-20(15)22(27)25-18-10-12-19(13-11-18)28-14-21(26)24-17-8-6-16(23)7-9-17/h2-13H,14H2,1H3,(H,24,26)(H,25,27). The van der Waals surface area contributed by atoms with E-state index >= 15 is 0 Å². The van der Waals surface area contributed by atoms with E-state index in [2.05, 4.69) is 33.2 Å². The number of benzene rings is 3. The summed E-state index contributed by atoms with van der Waals surface area (Å²) in [6.45, 7) is 1.91. The van der Waals surface area contributed by atoms with Gasteiger partial charge in [-0.15, -0.1) is 11.8 Å². The topological polar surface area (TPSA) is 58.2 Å². The predicted octanol–water partition coefficient (Wildman–Crippen LogP) is 5.58. The predicted molar refractivity (Wildman–Crippen MR) is 124 cm³/mol. The van der Waals surface area contributed by atoms with Gasteiger partial charge in [0.05, 0.1) is 5.75 Å². The molecule has 0 spiro atoms. The van der Waals surface area contributed by atoms with Gasteiger partial charge in [-0.25, -0.2) is 0 Å². The molecule has 0 heterocycles. The van der Waals surface area contributed by atoms with Crippen LogP contribution in [-0.2, 0) is 4.79 Å². The Morgan fingerprint density at radius 3 is 2.14 bits per heavy atom. The Kier molecular flexibility index (Phi) is 7.11. The molecule has 0 radical (unpaired) electrons. The number of carbonyl (C=O) groups excluding carboxylic acids is 2. The number of carbonyl (C=O) groups is 2. The van der Waals surface area contributed by atoms with Crippen LogP contribution in [0.2, 0.25) is 0 Å². The number of thioether (sulfide) groups is 1. The second-order valence-electron chi connectivity index (χ2n) is 6.14. The lowest BCUT2D eigenvalue weighted by molar-refractivity contribution is -0.113. The number of aryl methyl sites for hydroxylation is 1. The SMILES string of the molecule is Cc1ccccc1C(=O)Nc1ccc(SCC(=O)Nc2ccc(I)cc2)cc1. The Labute approximate surface area is 182 Å². The van der Waals surface area contributed by atoms with Crippen molar-refractivity contribution in [2.75, 3.05) is 16.4 Å². The highest BCUT2D eigenvalue weighted by Gasteiger charge is 2.09. The molecule has 0 aliphatic rings. The van der Waals surface area contributed by atoms with Crippen molar-refractivity contribution in [2.24, 2.45) is 0 Å². The van der Waals surface area contributed by atoms with Gasteiger partial charge >= 0.3 is 0 Å². The molecule has 2 amide bonds. The van der Waals surface area contributed by atoms with Gasteiger partial charge in [-0.1, -0.05) is 18.2 Å². The summed E-state index contributed by atoms with van der Waals surface area (Å²) in [6.07, 6.45) is 0. The van der Waals surface area contributed by atoms with E-state index in [4.69, 9.17) is 0 Å². The Balaban J connectivity index is 1.51. The Morgan fingerprint density at radius 1 is 0.857 bits per heavy atom. The molecule has 6 heteroatoms. The molecule has 0 unspecified atom stereocenters. The van der Waals surface area contributed by atoms with Crippen LogP contribution in [-0.4, -0.2) is 17.6 Å². The first-order valence-corrected chi connectivity index (χ1v) is 10.7. The lowest BCUT2D eigenvalue weighted by Crippen LogP contribution is -2.14. The molecule has 0 aliphatic carbocycles. The van der Waals surface area contributed by atoms with Gasteiger partial charge in [-0.2, -0.15) is 0 Å². The van der Waals surface area contributed by atoms with Gasteiger partial charge < -0.3 is 10.6 Å². The minimum atomic E-state index is -0.129. The molecule has 2 N–H and O–H groups in total. The van der Waals surface area contributed by atoms with Crippen molar-refractivity contribution in [3.8, 4) is 0 Å². The van der Waals surface area contributed by atoms with E-state index in [1.54, 1.807) is 6.07 Å². The van der Waals surface area contributed by atoms with Gasteiger partial charge in [-0.3, -0.25) is 9.59 Å². The largest absolute Gasteiger partial charge is 0.325 e. The molecule has 28 heavy (non-hydrogen) atoms. The average molecular weight is 502 g/mol. The van der Waals surface area contributed by atoms with Crippen molar-refractivity contribution in [1.29, 1.82) is 0 Å². The van der Waals surface area contributed by atoms with E-state index in [-0.39, 0.29) is 11.8 Å². The molecule has 0 fully saturated rings.